The summed E-state index contributed by atoms with van der Waals surface area (Å²) in [6.07, 6.45) is 3.26. The van der Waals surface area contributed by atoms with Crippen LogP contribution in [0.5, 0.6) is 0 Å². The van der Waals surface area contributed by atoms with Crippen molar-refractivity contribution in [3.8, 4) is 0 Å². The van der Waals surface area contributed by atoms with E-state index in [1.165, 1.54) is 5.56 Å². The van der Waals surface area contributed by atoms with Crippen LogP contribution < -0.4 is 10.6 Å². The SMILES string of the molecule is Cc1cccc(Cn2ncc(C)c2NC(=O)C[C@@H]2CCC(=O)N2)c1. The Bertz CT molecular complexity index is 766. The van der Waals surface area contributed by atoms with Crippen molar-refractivity contribution in [1.29, 1.82) is 0 Å². The Kier molecular flexibility index (Phi) is 4.64. The number of carbonyl (C=O) groups excluding carboxylic acids is 2. The molecule has 2 aromatic rings. The minimum absolute atomic E-state index is 0.0217. The topological polar surface area (TPSA) is 76.0 Å². The lowest BCUT2D eigenvalue weighted by atomic mass is 10.1. The summed E-state index contributed by atoms with van der Waals surface area (Å²) in [5.41, 5.74) is 3.25. The zero-order valence-corrected chi connectivity index (χ0v) is 14.0. The average molecular weight is 326 g/mol. The van der Waals surface area contributed by atoms with Crippen molar-refractivity contribution in [2.75, 3.05) is 5.32 Å². The lowest BCUT2D eigenvalue weighted by Crippen LogP contribution is -2.30. The number of aryl methyl sites for hydroxylation is 2. The van der Waals surface area contributed by atoms with E-state index in [9.17, 15) is 9.59 Å². The maximum atomic E-state index is 12.3. The van der Waals surface area contributed by atoms with Gasteiger partial charge in [0.15, 0.2) is 0 Å². The van der Waals surface area contributed by atoms with Crippen LogP contribution in [-0.4, -0.2) is 27.6 Å². The molecular formula is C18H22N4O2. The van der Waals surface area contributed by atoms with E-state index in [1.807, 2.05) is 19.1 Å². The molecule has 0 unspecified atom stereocenters. The molecule has 0 saturated carbocycles. The maximum Gasteiger partial charge on any atom is 0.227 e. The number of rotatable bonds is 5. The molecule has 0 radical (unpaired) electrons. The van der Waals surface area contributed by atoms with E-state index in [1.54, 1.807) is 10.9 Å². The number of nitrogens with zero attached hydrogens (tertiary/aromatic N) is 2. The molecule has 2 amide bonds. The largest absolute Gasteiger partial charge is 0.353 e. The second-order valence-corrected chi connectivity index (χ2v) is 6.38. The second kappa shape index (κ2) is 6.86. The summed E-state index contributed by atoms with van der Waals surface area (Å²) < 4.78 is 1.80. The van der Waals surface area contributed by atoms with Crippen molar-refractivity contribution >= 4 is 17.6 Å². The zero-order valence-electron chi connectivity index (χ0n) is 14.0. The predicted octanol–water partition coefficient (Wildman–Crippen LogP) is 2.16. The first-order valence-corrected chi connectivity index (χ1v) is 8.18. The Morgan fingerprint density at radius 1 is 1.42 bits per heavy atom. The number of aromatic nitrogens is 2. The van der Waals surface area contributed by atoms with Crippen molar-refractivity contribution in [2.24, 2.45) is 0 Å². The molecule has 1 aromatic carbocycles. The first-order valence-electron chi connectivity index (χ1n) is 8.18. The van der Waals surface area contributed by atoms with Crippen LogP contribution in [0.25, 0.3) is 0 Å². The van der Waals surface area contributed by atoms with Crippen LogP contribution in [0.3, 0.4) is 0 Å². The molecule has 24 heavy (non-hydrogen) atoms. The summed E-state index contributed by atoms with van der Waals surface area (Å²) in [6, 6.07) is 8.16. The number of anilines is 1. The van der Waals surface area contributed by atoms with Gasteiger partial charge in [0.1, 0.15) is 5.82 Å². The van der Waals surface area contributed by atoms with Gasteiger partial charge in [-0.05, 0) is 25.8 Å². The van der Waals surface area contributed by atoms with E-state index in [0.717, 1.165) is 11.1 Å². The van der Waals surface area contributed by atoms with Crippen molar-refractivity contribution < 1.29 is 9.59 Å². The third-order valence-electron chi connectivity index (χ3n) is 4.21. The van der Waals surface area contributed by atoms with Gasteiger partial charge in [0.2, 0.25) is 11.8 Å². The summed E-state index contributed by atoms with van der Waals surface area (Å²) in [5, 5.41) is 10.1. The summed E-state index contributed by atoms with van der Waals surface area (Å²) in [7, 11) is 0. The molecule has 1 atom stereocenters. The molecule has 3 rings (SSSR count). The van der Waals surface area contributed by atoms with Gasteiger partial charge in [-0.1, -0.05) is 29.8 Å². The molecular weight excluding hydrogens is 304 g/mol. The number of hydrogen-bond donors (Lipinski definition) is 2. The molecule has 1 aliphatic rings. The Labute approximate surface area is 141 Å². The van der Waals surface area contributed by atoms with Gasteiger partial charge >= 0.3 is 0 Å². The van der Waals surface area contributed by atoms with Crippen molar-refractivity contribution in [3.05, 3.63) is 47.2 Å². The summed E-state index contributed by atoms with van der Waals surface area (Å²) in [4.78, 5) is 23.5. The van der Waals surface area contributed by atoms with Gasteiger partial charge in [-0.15, -0.1) is 0 Å². The monoisotopic (exact) mass is 326 g/mol. The minimum atomic E-state index is -0.101. The van der Waals surface area contributed by atoms with Crippen LogP contribution >= 0.6 is 0 Å². The van der Waals surface area contributed by atoms with Crippen LogP contribution in [0.4, 0.5) is 5.82 Å². The fourth-order valence-electron chi connectivity index (χ4n) is 2.98. The molecule has 6 nitrogen and oxygen atoms in total. The number of carbonyl (C=O) groups is 2. The summed E-state index contributed by atoms with van der Waals surface area (Å²) in [5.74, 6) is 0.635. The van der Waals surface area contributed by atoms with Crippen LogP contribution in [0.2, 0.25) is 0 Å². The highest BCUT2D eigenvalue weighted by Crippen LogP contribution is 2.18. The first-order chi connectivity index (χ1) is 11.5. The number of nitrogens with one attached hydrogen (secondary N) is 2. The molecule has 1 saturated heterocycles. The molecule has 6 heteroatoms. The van der Waals surface area contributed by atoms with Crippen LogP contribution in [0.1, 0.15) is 36.0 Å². The maximum absolute atomic E-state index is 12.3. The fraction of sp³-hybridized carbons (Fsp3) is 0.389. The quantitative estimate of drug-likeness (QED) is 0.884. The van der Waals surface area contributed by atoms with Gasteiger partial charge in [-0.3, -0.25) is 9.59 Å². The molecule has 0 spiro atoms. The van der Waals surface area contributed by atoms with Gasteiger partial charge in [-0.25, -0.2) is 4.68 Å². The van der Waals surface area contributed by atoms with Gasteiger partial charge in [0.25, 0.3) is 0 Å². The molecule has 2 N–H and O–H groups in total. The lowest BCUT2D eigenvalue weighted by molar-refractivity contribution is -0.119. The van der Waals surface area contributed by atoms with E-state index in [-0.39, 0.29) is 17.9 Å². The third kappa shape index (κ3) is 3.82. The summed E-state index contributed by atoms with van der Waals surface area (Å²) >= 11 is 0. The Morgan fingerprint density at radius 2 is 2.25 bits per heavy atom. The number of benzene rings is 1. The van der Waals surface area contributed by atoms with Gasteiger partial charge in [0, 0.05) is 24.4 Å². The summed E-state index contributed by atoms with van der Waals surface area (Å²) in [6.45, 7) is 4.58. The highest BCUT2D eigenvalue weighted by Gasteiger charge is 2.23. The van der Waals surface area contributed by atoms with Gasteiger partial charge < -0.3 is 10.6 Å². The van der Waals surface area contributed by atoms with Crippen LogP contribution in [-0.2, 0) is 16.1 Å². The molecule has 1 aromatic heterocycles. The fourth-order valence-corrected chi connectivity index (χ4v) is 2.98. The van der Waals surface area contributed by atoms with E-state index in [0.29, 0.717) is 31.6 Å². The molecule has 1 aliphatic heterocycles. The smallest absolute Gasteiger partial charge is 0.227 e. The predicted molar refractivity (Wildman–Crippen MR) is 91.7 cm³/mol. The second-order valence-electron chi connectivity index (χ2n) is 6.38. The van der Waals surface area contributed by atoms with E-state index in [4.69, 9.17) is 0 Å². The van der Waals surface area contributed by atoms with E-state index >= 15 is 0 Å². The average Bonchev–Trinajstić information content (AvgIpc) is 3.07. The Morgan fingerprint density at radius 3 is 2.96 bits per heavy atom. The van der Waals surface area contributed by atoms with E-state index in [2.05, 4.69) is 34.8 Å². The molecule has 0 bridgehead atoms. The molecule has 2 heterocycles. The first kappa shape index (κ1) is 16.2. The molecule has 126 valence electrons. The third-order valence-corrected chi connectivity index (χ3v) is 4.21. The standard InChI is InChI=1S/C18H22N4O2/c1-12-4-3-5-14(8-12)11-22-18(13(2)10-19-22)21-17(24)9-15-6-7-16(23)20-15/h3-5,8,10,15H,6-7,9,11H2,1-2H3,(H,20,23)(H,21,24)/t15-/m0/s1. The van der Waals surface area contributed by atoms with E-state index < -0.39 is 0 Å². The van der Waals surface area contributed by atoms with Crippen LogP contribution in [0.15, 0.2) is 30.5 Å². The Hall–Kier alpha value is -2.63. The number of hydrogen-bond acceptors (Lipinski definition) is 3. The minimum Gasteiger partial charge on any atom is -0.353 e. The van der Waals surface area contributed by atoms with Crippen molar-refractivity contribution in [2.45, 2.75) is 45.7 Å². The van der Waals surface area contributed by atoms with Crippen molar-refractivity contribution in [1.82, 2.24) is 15.1 Å². The highest BCUT2D eigenvalue weighted by molar-refractivity contribution is 5.91. The highest BCUT2D eigenvalue weighted by atomic mass is 16.2. The van der Waals surface area contributed by atoms with Gasteiger partial charge in [-0.2, -0.15) is 5.10 Å². The normalized spacial score (nSPS) is 16.9. The molecule has 1 fully saturated rings. The van der Waals surface area contributed by atoms with Crippen LogP contribution in [0, 0.1) is 13.8 Å². The number of amides is 2. The van der Waals surface area contributed by atoms with Crippen molar-refractivity contribution in [3.63, 3.8) is 0 Å². The molecule has 0 aliphatic carbocycles. The Balaban J connectivity index is 1.68. The zero-order chi connectivity index (χ0) is 17.1. The lowest BCUT2D eigenvalue weighted by Gasteiger charge is -2.13. The van der Waals surface area contributed by atoms with Gasteiger partial charge in [0.05, 0.1) is 12.7 Å².